The van der Waals surface area contributed by atoms with Crippen molar-refractivity contribution in [2.45, 2.75) is 64.5 Å². The molecular formula is C32H37NO4. The first-order valence-electron chi connectivity index (χ1n) is 13.1. The van der Waals surface area contributed by atoms with Gasteiger partial charge in [-0.3, -0.25) is 4.90 Å². The summed E-state index contributed by atoms with van der Waals surface area (Å²) in [5.74, 6) is -0.463. The third-order valence-corrected chi connectivity index (χ3v) is 6.91. The zero-order chi connectivity index (χ0) is 26.6. The molecule has 0 heterocycles. The summed E-state index contributed by atoms with van der Waals surface area (Å²) < 4.78 is 11.5. The van der Waals surface area contributed by atoms with Gasteiger partial charge in [0.25, 0.3) is 0 Å². The summed E-state index contributed by atoms with van der Waals surface area (Å²) in [7, 11) is 1.62. The van der Waals surface area contributed by atoms with Crippen LogP contribution in [-0.4, -0.2) is 42.3 Å². The average molecular weight is 500 g/mol. The number of carbonyl (C=O) groups excluding carboxylic acids is 2. The van der Waals surface area contributed by atoms with Crippen molar-refractivity contribution in [2.75, 3.05) is 13.7 Å². The van der Waals surface area contributed by atoms with Crippen LogP contribution in [0.15, 0.2) is 72.8 Å². The quantitative estimate of drug-likeness (QED) is 0.321. The third kappa shape index (κ3) is 6.22. The lowest BCUT2D eigenvalue weighted by Crippen LogP contribution is -2.46. The molecule has 1 aliphatic rings. The van der Waals surface area contributed by atoms with Gasteiger partial charge in [-0.15, -0.1) is 0 Å². The second-order valence-electron chi connectivity index (χ2n) is 10.7. The molecule has 0 saturated carbocycles. The van der Waals surface area contributed by atoms with E-state index in [1.807, 2.05) is 45.0 Å². The van der Waals surface area contributed by atoms with Crippen LogP contribution in [-0.2, 0) is 27.1 Å². The predicted octanol–water partition coefficient (Wildman–Crippen LogP) is 6.77. The van der Waals surface area contributed by atoms with E-state index in [0.717, 1.165) is 23.1 Å². The number of benzene rings is 3. The van der Waals surface area contributed by atoms with Gasteiger partial charge >= 0.3 is 12.1 Å². The minimum absolute atomic E-state index is 0.0400. The smallest absolute Gasteiger partial charge is 0.410 e. The Morgan fingerprint density at radius 3 is 1.95 bits per heavy atom. The number of amides is 1. The summed E-state index contributed by atoms with van der Waals surface area (Å²) in [6.45, 7) is 7.82. The van der Waals surface area contributed by atoms with Gasteiger partial charge in [-0.05, 0) is 73.4 Å². The first-order valence-corrected chi connectivity index (χ1v) is 13.1. The highest BCUT2D eigenvalue weighted by Crippen LogP contribution is 2.44. The zero-order valence-corrected chi connectivity index (χ0v) is 22.5. The molecule has 0 aliphatic heterocycles. The van der Waals surface area contributed by atoms with Crippen molar-refractivity contribution in [1.29, 1.82) is 0 Å². The largest absolute Gasteiger partial charge is 0.458 e. The molecule has 194 valence electrons. The molecule has 0 N–H and O–H groups in total. The number of fused-ring (bicyclic) bond motifs is 3. The molecule has 0 fully saturated rings. The number of likely N-dealkylation sites (N-methyl/N-ethyl adjacent to an activating group) is 1. The first kappa shape index (κ1) is 26.5. The molecule has 0 spiro atoms. The van der Waals surface area contributed by atoms with E-state index < -0.39 is 23.7 Å². The monoisotopic (exact) mass is 499 g/mol. The van der Waals surface area contributed by atoms with Crippen LogP contribution in [0.2, 0.25) is 0 Å². The summed E-state index contributed by atoms with van der Waals surface area (Å²) in [4.78, 5) is 27.8. The van der Waals surface area contributed by atoms with Gasteiger partial charge in [-0.2, -0.15) is 0 Å². The Hall–Kier alpha value is -3.60. The number of ether oxygens (including phenoxy) is 2. The van der Waals surface area contributed by atoms with Gasteiger partial charge in [0.15, 0.2) is 0 Å². The van der Waals surface area contributed by atoms with Crippen molar-refractivity contribution < 1.29 is 19.1 Å². The number of nitrogens with zero attached hydrogens (tertiary/aromatic N) is 1. The second-order valence-corrected chi connectivity index (χ2v) is 10.7. The molecule has 3 aromatic carbocycles. The molecule has 1 unspecified atom stereocenters. The summed E-state index contributed by atoms with van der Waals surface area (Å²) in [6.07, 6.45) is 1.54. The van der Waals surface area contributed by atoms with Crippen molar-refractivity contribution in [1.82, 2.24) is 4.90 Å². The zero-order valence-electron chi connectivity index (χ0n) is 22.5. The van der Waals surface area contributed by atoms with Gasteiger partial charge < -0.3 is 9.47 Å². The fraction of sp³-hybridized carbons (Fsp3) is 0.375. The Kier molecular flexibility index (Phi) is 8.01. The molecule has 0 saturated heterocycles. The molecule has 0 aromatic heterocycles. The highest BCUT2D eigenvalue weighted by molar-refractivity contribution is 5.82. The number of hydrogen-bond acceptors (Lipinski definition) is 4. The standard InChI is InChI=1S/C32H37NO4/c1-6-22-15-17-23(18-16-22)19-20-29(30(34)37-32(2,3)4)33(5)31(35)36-21-28-26-13-9-7-11-24(26)25-12-8-10-14-27(25)28/h7-18,28-29H,6,19-21H2,1-5H3. The number of hydrogen-bond donors (Lipinski definition) is 0. The predicted molar refractivity (Wildman–Crippen MR) is 147 cm³/mol. The van der Waals surface area contributed by atoms with Crippen LogP contribution in [0.4, 0.5) is 4.79 Å². The molecule has 3 aromatic rings. The lowest BCUT2D eigenvalue weighted by Gasteiger charge is -2.30. The SMILES string of the molecule is CCc1ccc(CCC(C(=O)OC(C)(C)C)N(C)C(=O)OCC2c3ccccc3-c3ccccc32)cc1. The molecule has 1 atom stereocenters. The fourth-order valence-electron chi connectivity index (χ4n) is 4.91. The highest BCUT2D eigenvalue weighted by atomic mass is 16.6. The van der Waals surface area contributed by atoms with Crippen molar-refractivity contribution in [3.63, 3.8) is 0 Å². The maximum Gasteiger partial charge on any atom is 0.410 e. The molecule has 1 amide bonds. The van der Waals surface area contributed by atoms with Gasteiger partial charge in [-0.1, -0.05) is 79.7 Å². The molecule has 4 rings (SSSR count). The van der Waals surface area contributed by atoms with Crippen molar-refractivity contribution in [2.24, 2.45) is 0 Å². The summed E-state index contributed by atoms with van der Waals surface area (Å²) >= 11 is 0. The van der Waals surface area contributed by atoms with Gasteiger partial charge in [0.05, 0.1) is 0 Å². The Morgan fingerprint density at radius 1 is 0.865 bits per heavy atom. The van der Waals surface area contributed by atoms with E-state index in [9.17, 15) is 9.59 Å². The van der Waals surface area contributed by atoms with E-state index >= 15 is 0 Å². The minimum atomic E-state index is -0.749. The van der Waals surface area contributed by atoms with Crippen LogP contribution in [0.5, 0.6) is 0 Å². The van der Waals surface area contributed by atoms with Crippen LogP contribution in [0.3, 0.4) is 0 Å². The number of carbonyl (C=O) groups is 2. The Balaban J connectivity index is 1.47. The lowest BCUT2D eigenvalue weighted by molar-refractivity contribution is -0.160. The normalized spacial score (nSPS) is 13.4. The molecule has 0 bridgehead atoms. The van der Waals surface area contributed by atoms with Gasteiger partial charge in [0.1, 0.15) is 18.2 Å². The van der Waals surface area contributed by atoms with Crippen molar-refractivity contribution in [3.8, 4) is 11.1 Å². The van der Waals surface area contributed by atoms with E-state index in [-0.39, 0.29) is 12.5 Å². The summed E-state index contributed by atoms with van der Waals surface area (Å²) in [6, 6.07) is 24.1. The Labute approximate surface area is 220 Å². The van der Waals surface area contributed by atoms with Crippen LogP contribution >= 0.6 is 0 Å². The maximum atomic E-state index is 13.2. The van der Waals surface area contributed by atoms with E-state index in [4.69, 9.17) is 9.47 Å². The van der Waals surface area contributed by atoms with Crippen molar-refractivity contribution in [3.05, 3.63) is 95.1 Å². The highest BCUT2D eigenvalue weighted by Gasteiger charge is 2.34. The Morgan fingerprint density at radius 2 is 1.41 bits per heavy atom. The van der Waals surface area contributed by atoms with Gasteiger partial charge in [0.2, 0.25) is 0 Å². The molecular weight excluding hydrogens is 462 g/mol. The topological polar surface area (TPSA) is 55.8 Å². The van der Waals surface area contributed by atoms with E-state index in [0.29, 0.717) is 12.8 Å². The van der Waals surface area contributed by atoms with E-state index in [2.05, 4.69) is 55.5 Å². The van der Waals surface area contributed by atoms with Crippen LogP contribution in [0, 0.1) is 0 Å². The van der Waals surface area contributed by atoms with E-state index in [1.54, 1.807) is 7.05 Å². The molecule has 5 heteroatoms. The lowest BCUT2D eigenvalue weighted by atomic mass is 9.98. The molecule has 0 radical (unpaired) electrons. The third-order valence-electron chi connectivity index (χ3n) is 6.91. The van der Waals surface area contributed by atoms with Crippen LogP contribution in [0.25, 0.3) is 11.1 Å². The van der Waals surface area contributed by atoms with Crippen LogP contribution < -0.4 is 0 Å². The number of rotatable bonds is 8. The Bertz CT molecular complexity index is 1200. The maximum absolute atomic E-state index is 13.2. The second kappa shape index (κ2) is 11.2. The van der Waals surface area contributed by atoms with Crippen LogP contribution in [0.1, 0.15) is 62.3 Å². The average Bonchev–Trinajstić information content (AvgIpc) is 3.20. The summed E-state index contributed by atoms with van der Waals surface area (Å²) in [5.41, 5.74) is 6.38. The molecule has 37 heavy (non-hydrogen) atoms. The summed E-state index contributed by atoms with van der Waals surface area (Å²) in [5, 5.41) is 0. The van der Waals surface area contributed by atoms with Gasteiger partial charge in [-0.25, -0.2) is 9.59 Å². The van der Waals surface area contributed by atoms with Gasteiger partial charge in [0, 0.05) is 13.0 Å². The van der Waals surface area contributed by atoms with E-state index in [1.165, 1.54) is 21.6 Å². The van der Waals surface area contributed by atoms with Crippen molar-refractivity contribution >= 4 is 12.1 Å². The fourth-order valence-corrected chi connectivity index (χ4v) is 4.91. The minimum Gasteiger partial charge on any atom is -0.458 e. The molecule has 1 aliphatic carbocycles. The molecule has 5 nitrogen and oxygen atoms in total. The number of aryl methyl sites for hydroxylation is 2. The first-order chi connectivity index (χ1) is 17.7. The number of esters is 1.